The molecule has 4 aliphatic rings. The van der Waals surface area contributed by atoms with Crippen LogP contribution in [0.25, 0.3) is 0 Å². The van der Waals surface area contributed by atoms with E-state index in [4.69, 9.17) is 11.6 Å². The summed E-state index contributed by atoms with van der Waals surface area (Å²) >= 11 is 6.25. The summed E-state index contributed by atoms with van der Waals surface area (Å²) in [5, 5.41) is 3.46. The number of benzene rings is 2. The normalized spacial score (nSPS) is 28.6. The summed E-state index contributed by atoms with van der Waals surface area (Å²) in [6.07, 6.45) is 3.63. The molecule has 0 unspecified atom stereocenters. The van der Waals surface area contributed by atoms with Crippen molar-refractivity contribution in [3.63, 3.8) is 0 Å². The minimum absolute atomic E-state index is 0.0535. The van der Waals surface area contributed by atoms with E-state index in [1.54, 1.807) is 17.0 Å². The number of nitrogens with zero attached hydrogens (tertiary/aromatic N) is 3. The number of para-hydroxylation sites is 1. The zero-order chi connectivity index (χ0) is 26.7. The second-order valence-corrected chi connectivity index (χ2v) is 13.2. The molecule has 2 bridgehead atoms. The fourth-order valence-corrected chi connectivity index (χ4v) is 8.80. The van der Waals surface area contributed by atoms with E-state index in [2.05, 4.69) is 10.2 Å². The van der Waals surface area contributed by atoms with E-state index in [0.717, 1.165) is 36.2 Å². The molecule has 2 aromatic rings. The minimum Gasteiger partial charge on any atom is -0.356 e. The van der Waals surface area contributed by atoms with Gasteiger partial charge in [0.15, 0.2) is 0 Å². The van der Waals surface area contributed by atoms with E-state index < -0.39 is 21.5 Å². The summed E-state index contributed by atoms with van der Waals surface area (Å²) in [6, 6.07) is 12.8. The fraction of sp³-hybridized carbons (Fsp3) is 0.500. The van der Waals surface area contributed by atoms with Crippen molar-refractivity contribution < 1.29 is 18.0 Å². The van der Waals surface area contributed by atoms with E-state index in [1.807, 2.05) is 31.2 Å². The Labute approximate surface area is 229 Å². The number of hydrogen-bond donors (Lipinski definition) is 1. The molecule has 0 aliphatic carbocycles. The molecule has 4 aliphatic heterocycles. The molecule has 3 saturated heterocycles. The number of carbonyl (C=O) groups is 2. The molecular weight excluding hydrogens is 524 g/mol. The maximum atomic E-state index is 14.4. The number of halogens is 1. The maximum Gasteiger partial charge on any atom is 0.253 e. The number of rotatable bonds is 2. The minimum atomic E-state index is -3.80. The molecule has 1 spiro atoms. The predicted molar refractivity (Wildman–Crippen MR) is 145 cm³/mol. The molecule has 0 radical (unpaired) electrons. The van der Waals surface area contributed by atoms with Crippen LogP contribution in [0, 0.1) is 12.8 Å². The molecule has 6 rings (SSSR count). The highest BCUT2D eigenvalue weighted by Gasteiger charge is 2.67. The first-order chi connectivity index (χ1) is 18.3. The first-order valence-electron chi connectivity index (χ1n) is 13.5. The number of nitrogens with one attached hydrogen (secondary N) is 1. The van der Waals surface area contributed by atoms with Gasteiger partial charge in [-0.2, -0.15) is 4.31 Å². The molecule has 2 amide bonds. The van der Waals surface area contributed by atoms with E-state index in [9.17, 15) is 18.0 Å². The molecular formula is C28H33ClN4O4S. The third kappa shape index (κ3) is 3.81. The summed E-state index contributed by atoms with van der Waals surface area (Å²) in [4.78, 5) is 32.3. The van der Waals surface area contributed by atoms with E-state index in [1.165, 1.54) is 10.4 Å². The molecule has 0 aromatic heterocycles. The second-order valence-electron chi connectivity index (χ2n) is 10.8. The zero-order valence-corrected chi connectivity index (χ0v) is 23.1. The zero-order valence-electron chi connectivity index (χ0n) is 21.5. The molecule has 38 heavy (non-hydrogen) atoms. The number of aryl methyl sites for hydroxylation is 1. The molecule has 2 aromatic carbocycles. The Kier molecular flexibility index (Phi) is 6.53. The third-order valence-electron chi connectivity index (χ3n) is 8.79. The Morgan fingerprint density at radius 1 is 1.00 bits per heavy atom. The lowest BCUT2D eigenvalue weighted by atomic mass is 9.78. The van der Waals surface area contributed by atoms with Gasteiger partial charge in [-0.1, -0.05) is 35.9 Å². The summed E-state index contributed by atoms with van der Waals surface area (Å²) in [7, 11) is -3.80. The summed E-state index contributed by atoms with van der Waals surface area (Å²) in [5.41, 5.74) is 1.56. The van der Waals surface area contributed by atoms with Crippen LogP contribution in [0.2, 0.25) is 5.02 Å². The summed E-state index contributed by atoms with van der Waals surface area (Å²) < 4.78 is 28.7. The largest absolute Gasteiger partial charge is 0.356 e. The highest BCUT2D eigenvalue weighted by atomic mass is 35.5. The van der Waals surface area contributed by atoms with Crippen molar-refractivity contribution in [2.24, 2.45) is 5.92 Å². The topological polar surface area (TPSA) is 90.0 Å². The van der Waals surface area contributed by atoms with Crippen molar-refractivity contribution in [3.05, 3.63) is 58.6 Å². The smallest absolute Gasteiger partial charge is 0.253 e. The van der Waals surface area contributed by atoms with Gasteiger partial charge < -0.3 is 10.2 Å². The first-order valence-corrected chi connectivity index (χ1v) is 15.3. The fourth-order valence-electron chi connectivity index (χ4n) is 7.01. The average Bonchev–Trinajstić information content (AvgIpc) is 3.55. The highest BCUT2D eigenvalue weighted by Crippen LogP contribution is 2.57. The average molecular weight is 557 g/mol. The van der Waals surface area contributed by atoms with Gasteiger partial charge in [0.2, 0.25) is 15.9 Å². The van der Waals surface area contributed by atoms with Crippen molar-refractivity contribution in [3.8, 4) is 0 Å². The van der Waals surface area contributed by atoms with Gasteiger partial charge in [0.25, 0.3) is 5.91 Å². The SMILES string of the molecule is Cc1ccc(S(=O)(=O)N2CCCNC(=O)[C@@H]3C[C@@H]4CCCN4[C@@]34C(=O)N(CCC2)c2ccccc24)cc1Cl. The molecule has 10 heteroatoms. The number of sulfonamides is 1. The van der Waals surface area contributed by atoms with Crippen LogP contribution in [-0.2, 0) is 25.2 Å². The van der Waals surface area contributed by atoms with E-state index in [-0.39, 0.29) is 35.8 Å². The lowest BCUT2D eigenvalue weighted by Crippen LogP contribution is -2.56. The predicted octanol–water partition coefficient (Wildman–Crippen LogP) is 3.28. The van der Waals surface area contributed by atoms with Gasteiger partial charge in [-0.05, 0) is 69.3 Å². The molecule has 1 N–H and O–H groups in total. The summed E-state index contributed by atoms with van der Waals surface area (Å²) in [6.45, 7) is 3.88. The molecule has 8 nitrogen and oxygen atoms in total. The lowest BCUT2D eigenvalue weighted by Gasteiger charge is -2.37. The van der Waals surface area contributed by atoms with Gasteiger partial charge >= 0.3 is 0 Å². The second kappa shape index (κ2) is 9.62. The highest BCUT2D eigenvalue weighted by molar-refractivity contribution is 7.89. The van der Waals surface area contributed by atoms with Crippen LogP contribution in [0.15, 0.2) is 47.4 Å². The van der Waals surface area contributed by atoms with Crippen LogP contribution in [0.1, 0.15) is 43.2 Å². The van der Waals surface area contributed by atoms with Gasteiger partial charge in [0.05, 0.1) is 10.8 Å². The van der Waals surface area contributed by atoms with Crippen LogP contribution in [0.5, 0.6) is 0 Å². The number of fused-ring (bicyclic) bond motifs is 4. The number of hydrogen-bond acceptors (Lipinski definition) is 5. The van der Waals surface area contributed by atoms with Crippen molar-refractivity contribution in [1.82, 2.24) is 14.5 Å². The quantitative estimate of drug-likeness (QED) is 0.613. The van der Waals surface area contributed by atoms with Crippen molar-refractivity contribution in [2.45, 2.75) is 55.5 Å². The molecule has 4 heterocycles. The maximum absolute atomic E-state index is 14.4. The molecule has 3 fully saturated rings. The van der Waals surface area contributed by atoms with Crippen LogP contribution >= 0.6 is 11.6 Å². The van der Waals surface area contributed by atoms with Gasteiger partial charge in [-0.3, -0.25) is 14.5 Å². The third-order valence-corrected chi connectivity index (χ3v) is 11.1. The van der Waals surface area contributed by atoms with Gasteiger partial charge in [0.1, 0.15) is 5.54 Å². The van der Waals surface area contributed by atoms with Crippen LogP contribution in [0.4, 0.5) is 5.69 Å². The number of anilines is 1. The number of amides is 2. The molecule has 0 saturated carbocycles. The van der Waals surface area contributed by atoms with Crippen molar-refractivity contribution in [2.75, 3.05) is 37.6 Å². The summed E-state index contributed by atoms with van der Waals surface area (Å²) in [5.74, 6) is -0.646. The van der Waals surface area contributed by atoms with E-state index in [0.29, 0.717) is 37.4 Å². The first kappa shape index (κ1) is 25.8. The van der Waals surface area contributed by atoms with Crippen LogP contribution in [0.3, 0.4) is 0 Å². The van der Waals surface area contributed by atoms with Gasteiger partial charge in [-0.15, -0.1) is 0 Å². The van der Waals surface area contributed by atoms with Crippen molar-refractivity contribution >= 4 is 39.1 Å². The van der Waals surface area contributed by atoms with Crippen molar-refractivity contribution in [1.29, 1.82) is 0 Å². The molecule has 202 valence electrons. The van der Waals surface area contributed by atoms with Gasteiger partial charge in [0, 0.05) is 48.5 Å². The molecule has 3 atom stereocenters. The monoisotopic (exact) mass is 556 g/mol. The number of carbonyl (C=O) groups excluding carboxylic acids is 2. The van der Waals surface area contributed by atoms with E-state index >= 15 is 0 Å². The van der Waals surface area contributed by atoms with Crippen LogP contribution in [-0.4, -0.2) is 68.2 Å². The lowest BCUT2D eigenvalue weighted by molar-refractivity contribution is -0.138. The van der Waals surface area contributed by atoms with Gasteiger partial charge in [-0.25, -0.2) is 8.42 Å². The van der Waals surface area contributed by atoms with Crippen LogP contribution < -0.4 is 10.2 Å². The Hall–Kier alpha value is -2.46. The Morgan fingerprint density at radius 3 is 2.61 bits per heavy atom. The Balaban J connectivity index is 1.36. The standard InChI is InChI=1S/C28H33ClN4O4S/c1-19-10-11-21(18-24(19)29)38(36,37)31-13-5-12-30-26(34)23-17-20-7-4-16-33(20)28(23)22-8-2-3-9-25(22)32(27(28)35)15-6-14-31/h2-3,8-11,18,20,23H,4-7,12-17H2,1H3,(H,30,34)/t20-,23-,28+/m0/s1. The Bertz CT molecular complexity index is 1400. The Morgan fingerprint density at radius 2 is 1.79 bits per heavy atom.